The number of hydrogen-bond donors (Lipinski definition) is 2. The molecule has 5 heteroatoms. The second-order valence-electron chi connectivity index (χ2n) is 3.97. The molecule has 0 radical (unpaired) electrons. The van der Waals surface area contributed by atoms with Crippen LogP contribution >= 0.6 is 0 Å². The van der Waals surface area contributed by atoms with Gasteiger partial charge in [-0.3, -0.25) is 9.59 Å². The number of amides is 2. The van der Waals surface area contributed by atoms with E-state index in [2.05, 4.69) is 0 Å². The van der Waals surface area contributed by atoms with Crippen LogP contribution in [0.25, 0.3) is 0 Å². The third-order valence-corrected chi connectivity index (χ3v) is 2.89. The third-order valence-electron chi connectivity index (χ3n) is 2.89. The lowest BCUT2D eigenvalue weighted by Crippen LogP contribution is -2.52. The fourth-order valence-corrected chi connectivity index (χ4v) is 1.82. The molecule has 0 aromatic carbocycles. The molecule has 0 bridgehead atoms. The average molecular weight is 199 g/mol. The van der Waals surface area contributed by atoms with E-state index < -0.39 is 11.3 Å². The number of rotatable bonds is 4. The standard InChI is InChI=1S/C9H17N3O2/c1-12(5-7(11)13)8(14)9(6-10)3-2-4-9/h2-6,10H2,1H3,(H2,11,13). The predicted molar refractivity (Wildman–Crippen MR) is 52.2 cm³/mol. The molecule has 0 aliphatic heterocycles. The van der Waals surface area contributed by atoms with Crippen molar-refractivity contribution in [2.75, 3.05) is 20.1 Å². The summed E-state index contributed by atoms with van der Waals surface area (Å²) in [6.07, 6.45) is 2.68. The van der Waals surface area contributed by atoms with Crippen LogP contribution in [0.4, 0.5) is 0 Å². The normalized spacial score (nSPS) is 18.4. The molecule has 1 saturated carbocycles. The lowest BCUT2D eigenvalue weighted by Gasteiger charge is -2.41. The van der Waals surface area contributed by atoms with Gasteiger partial charge in [0.25, 0.3) is 0 Å². The minimum absolute atomic E-state index is 0.0272. The maximum atomic E-state index is 11.9. The zero-order chi connectivity index (χ0) is 10.8. The van der Waals surface area contributed by atoms with Gasteiger partial charge in [-0.05, 0) is 12.8 Å². The smallest absolute Gasteiger partial charge is 0.237 e. The topological polar surface area (TPSA) is 89.4 Å². The molecule has 1 aliphatic rings. The van der Waals surface area contributed by atoms with Crippen molar-refractivity contribution in [2.24, 2.45) is 16.9 Å². The Kier molecular flexibility index (Phi) is 3.10. The predicted octanol–water partition coefficient (Wildman–Crippen LogP) is -0.941. The van der Waals surface area contributed by atoms with Crippen molar-refractivity contribution >= 4 is 11.8 Å². The van der Waals surface area contributed by atoms with Crippen LogP contribution in [0.5, 0.6) is 0 Å². The summed E-state index contributed by atoms with van der Waals surface area (Å²) in [6.45, 7) is 0.329. The Morgan fingerprint density at radius 1 is 1.43 bits per heavy atom. The first-order chi connectivity index (χ1) is 6.52. The molecule has 0 spiro atoms. The Balaban J connectivity index is 2.59. The zero-order valence-corrected chi connectivity index (χ0v) is 8.45. The van der Waals surface area contributed by atoms with Crippen molar-refractivity contribution < 1.29 is 9.59 Å². The fourth-order valence-electron chi connectivity index (χ4n) is 1.82. The number of nitrogens with zero attached hydrogens (tertiary/aromatic N) is 1. The Labute approximate surface area is 83.4 Å². The van der Waals surface area contributed by atoms with Crippen LogP contribution in [0.2, 0.25) is 0 Å². The van der Waals surface area contributed by atoms with Crippen LogP contribution in [0, 0.1) is 5.41 Å². The van der Waals surface area contributed by atoms with E-state index in [0.717, 1.165) is 19.3 Å². The van der Waals surface area contributed by atoms with Crippen LogP contribution < -0.4 is 11.5 Å². The SMILES string of the molecule is CN(CC(N)=O)C(=O)C1(CN)CCC1. The van der Waals surface area contributed by atoms with Gasteiger partial charge in [0, 0.05) is 13.6 Å². The molecule has 5 nitrogen and oxygen atoms in total. The van der Waals surface area contributed by atoms with E-state index in [-0.39, 0.29) is 12.5 Å². The summed E-state index contributed by atoms with van der Waals surface area (Å²) in [5.74, 6) is -0.544. The van der Waals surface area contributed by atoms with Crippen LogP contribution in [-0.4, -0.2) is 36.9 Å². The zero-order valence-electron chi connectivity index (χ0n) is 8.45. The summed E-state index contributed by atoms with van der Waals surface area (Å²) in [6, 6.07) is 0. The molecule has 1 rings (SSSR count). The molecule has 2 amide bonds. The molecular weight excluding hydrogens is 182 g/mol. The number of hydrogen-bond acceptors (Lipinski definition) is 3. The fraction of sp³-hybridized carbons (Fsp3) is 0.778. The van der Waals surface area contributed by atoms with Crippen LogP contribution in [0.15, 0.2) is 0 Å². The average Bonchev–Trinajstić information content (AvgIpc) is 2.01. The number of likely N-dealkylation sites (N-methyl/N-ethyl adjacent to an activating group) is 1. The molecule has 0 aromatic heterocycles. The molecule has 1 fully saturated rings. The van der Waals surface area contributed by atoms with Crippen LogP contribution in [0.1, 0.15) is 19.3 Å². The molecule has 0 aromatic rings. The van der Waals surface area contributed by atoms with E-state index >= 15 is 0 Å². The quantitative estimate of drug-likeness (QED) is 0.612. The van der Waals surface area contributed by atoms with Crippen molar-refractivity contribution in [3.8, 4) is 0 Å². The highest BCUT2D eigenvalue weighted by atomic mass is 16.2. The van der Waals surface area contributed by atoms with Crippen LogP contribution in [0.3, 0.4) is 0 Å². The van der Waals surface area contributed by atoms with Crippen molar-refractivity contribution in [1.82, 2.24) is 4.90 Å². The first kappa shape index (κ1) is 11.0. The monoisotopic (exact) mass is 199 g/mol. The summed E-state index contributed by atoms with van der Waals surface area (Å²) >= 11 is 0. The summed E-state index contributed by atoms with van der Waals surface area (Å²) in [7, 11) is 1.59. The van der Waals surface area contributed by atoms with Gasteiger partial charge >= 0.3 is 0 Å². The molecule has 80 valence electrons. The summed E-state index contributed by atoms with van der Waals surface area (Å²) in [4.78, 5) is 23.9. The Morgan fingerprint density at radius 3 is 2.29 bits per heavy atom. The summed E-state index contributed by atoms with van der Waals surface area (Å²) in [5.41, 5.74) is 10.2. The first-order valence-electron chi connectivity index (χ1n) is 4.76. The number of carbonyl (C=O) groups excluding carboxylic acids is 2. The van der Waals surface area contributed by atoms with Crippen LogP contribution in [-0.2, 0) is 9.59 Å². The van der Waals surface area contributed by atoms with Crippen molar-refractivity contribution in [1.29, 1.82) is 0 Å². The van der Waals surface area contributed by atoms with E-state index in [1.807, 2.05) is 0 Å². The largest absolute Gasteiger partial charge is 0.368 e. The van der Waals surface area contributed by atoms with Gasteiger partial charge in [-0.15, -0.1) is 0 Å². The maximum Gasteiger partial charge on any atom is 0.237 e. The maximum absolute atomic E-state index is 11.9. The van der Waals surface area contributed by atoms with Gasteiger partial charge in [0.1, 0.15) is 0 Å². The van der Waals surface area contributed by atoms with E-state index in [0.29, 0.717) is 6.54 Å². The molecule has 14 heavy (non-hydrogen) atoms. The minimum atomic E-state index is -0.493. The number of primary amides is 1. The first-order valence-corrected chi connectivity index (χ1v) is 4.76. The van der Waals surface area contributed by atoms with Gasteiger partial charge in [0.2, 0.25) is 11.8 Å². The lowest BCUT2D eigenvalue weighted by atomic mass is 9.68. The van der Waals surface area contributed by atoms with E-state index in [1.54, 1.807) is 7.05 Å². The minimum Gasteiger partial charge on any atom is -0.368 e. The second-order valence-corrected chi connectivity index (χ2v) is 3.97. The van der Waals surface area contributed by atoms with Gasteiger partial charge in [-0.1, -0.05) is 6.42 Å². The van der Waals surface area contributed by atoms with Gasteiger partial charge in [-0.2, -0.15) is 0 Å². The Morgan fingerprint density at radius 2 is 2.00 bits per heavy atom. The van der Waals surface area contributed by atoms with E-state index in [1.165, 1.54) is 4.90 Å². The molecule has 1 aliphatic carbocycles. The number of carbonyl (C=O) groups is 2. The molecule has 4 N–H and O–H groups in total. The molecule has 0 saturated heterocycles. The Hall–Kier alpha value is -1.10. The highest BCUT2D eigenvalue weighted by Crippen LogP contribution is 2.41. The second kappa shape index (κ2) is 3.96. The molecule has 0 atom stereocenters. The Bertz CT molecular complexity index is 243. The molecular formula is C9H17N3O2. The highest BCUT2D eigenvalue weighted by molar-refractivity contribution is 5.87. The lowest BCUT2D eigenvalue weighted by molar-refractivity contribution is -0.147. The van der Waals surface area contributed by atoms with Gasteiger partial charge < -0.3 is 16.4 Å². The summed E-state index contributed by atoms with van der Waals surface area (Å²) in [5, 5.41) is 0. The highest BCUT2D eigenvalue weighted by Gasteiger charge is 2.44. The van der Waals surface area contributed by atoms with Gasteiger partial charge in [-0.25, -0.2) is 0 Å². The summed E-state index contributed by atoms with van der Waals surface area (Å²) < 4.78 is 0. The van der Waals surface area contributed by atoms with Gasteiger partial charge in [0.05, 0.1) is 12.0 Å². The van der Waals surface area contributed by atoms with Gasteiger partial charge in [0.15, 0.2) is 0 Å². The molecule has 0 heterocycles. The third kappa shape index (κ3) is 1.87. The number of nitrogens with two attached hydrogens (primary N) is 2. The van der Waals surface area contributed by atoms with Crippen molar-refractivity contribution in [3.05, 3.63) is 0 Å². The molecule has 0 unspecified atom stereocenters. The van der Waals surface area contributed by atoms with Crippen molar-refractivity contribution in [3.63, 3.8) is 0 Å². The van der Waals surface area contributed by atoms with E-state index in [4.69, 9.17) is 11.5 Å². The van der Waals surface area contributed by atoms with Crippen molar-refractivity contribution in [2.45, 2.75) is 19.3 Å². The van der Waals surface area contributed by atoms with E-state index in [9.17, 15) is 9.59 Å².